The van der Waals surface area contributed by atoms with Gasteiger partial charge in [-0.05, 0) is 55.7 Å². The molecule has 0 unspecified atom stereocenters. The molecule has 3 rings (SSSR count). The van der Waals surface area contributed by atoms with E-state index >= 15 is 0 Å². The zero-order chi connectivity index (χ0) is 20.1. The molecule has 0 saturated heterocycles. The highest BCUT2D eigenvalue weighted by Crippen LogP contribution is 2.23. The van der Waals surface area contributed by atoms with Gasteiger partial charge in [0.2, 0.25) is 5.95 Å². The molecule has 2 N–H and O–H groups in total. The molecule has 144 valence electrons. The van der Waals surface area contributed by atoms with Crippen LogP contribution in [0, 0.1) is 19.7 Å². The number of hydrogen-bond donors (Lipinski definition) is 2. The second kappa shape index (κ2) is 8.80. The van der Waals surface area contributed by atoms with Crippen molar-refractivity contribution in [2.75, 3.05) is 11.9 Å². The molecule has 0 atom stereocenters. The van der Waals surface area contributed by atoms with E-state index in [9.17, 15) is 9.18 Å². The molecule has 3 aromatic rings. The van der Waals surface area contributed by atoms with Crippen LogP contribution in [0.3, 0.4) is 0 Å². The number of amides is 1. The molecule has 1 heterocycles. The van der Waals surface area contributed by atoms with Crippen molar-refractivity contribution in [1.82, 2.24) is 15.3 Å². The van der Waals surface area contributed by atoms with E-state index < -0.39 is 0 Å². The van der Waals surface area contributed by atoms with Gasteiger partial charge in [0.05, 0.1) is 0 Å². The molecule has 2 aromatic carbocycles. The molecule has 28 heavy (non-hydrogen) atoms. The Labute approximate surface area is 168 Å². The monoisotopic (exact) mass is 398 g/mol. The van der Waals surface area contributed by atoms with Gasteiger partial charge in [-0.25, -0.2) is 14.4 Å². The first-order valence-electron chi connectivity index (χ1n) is 8.83. The van der Waals surface area contributed by atoms with Crippen molar-refractivity contribution >= 4 is 29.1 Å². The number of aromatic nitrogens is 2. The third-order valence-electron chi connectivity index (χ3n) is 4.17. The molecule has 1 aromatic heterocycles. The maximum Gasteiger partial charge on any atom is 0.270 e. The molecule has 1 amide bonds. The Morgan fingerprint density at radius 1 is 1.11 bits per heavy atom. The Bertz CT molecular complexity index is 1010. The van der Waals surface area contributed by atoms with Crippen LogP contribution < -0.4 is 10.6 Å². The summed E-state index contributed by atoms with van der Waals surface area (Å²) in [7, 11) is 0. The van der Waals surface area contributed by atoms with E-state index in [1.54, 1.807) is 43.3 Å². The van der Waals surface area contributed by atoms with Crippen LogP contribution in [0.25, 0.3) is 0 Å². The molecule has 0 aliphatic carbocycles. The summed E-state index contributed by atoms with van der Waals surface area (Å²) in [5.41, 5.74) is 3.19. The molecule has 7 heteroatoms. The van der Waals surface area contributed by atoms with Crippen LogP contribution in [0.2, 0.25) is 5.02 Å². The smallest absolute Gasteiger partial charge is 0.270 e. The molecule has 0 fully saturated rings. The Morgan fingerprint density at radius 3 is 2.68 bits per heavy atom. The van der Waals surface area contributed by atoms with Crippen LogP contribution in [0.1, 0.15) is 27.3 Å². The summed E-state index contributed by atoms with van der Waals surface area (Å²) in [6.45, 7) is 4.03. The fourth-order valence-electron chi connectivity index (χ4n) is 2.69. The predicted molar refractivity (Wildman–Crippen MR) is 109 cm³/mol. The van der Waals surface area contributed by atoms with E-state index in [0.29, 0.717) is 35.2 Å². The standard InChI is InChI=1S/C21H20ClFN4O/c1-13-7-8-16(22)12-18(13)26-21-25-14(2)11-19(27-21)20(28)24-10-9-15-5-3-4-6-17(15)23/h3-8,11-12H,9-10H2,1-2H3,(H,24,28)(H,25,26,27). The van der Waals surface area contributed by atoms with Gasteiger partial charge in [-0.2, -0.15) is 0 Å². The highest BCUT2D eigenvalue weighted by molar-refractivity contribution is 6.30. The molecule has 0 aliphatic heterocycles. The summed E-state index contributed by atoms with van der Waals surface area (Å²) in [5, 5.41) is 6.46. The SMILES string of the molecule is Cc1cc(C(=O)NCCc2ccccc2F)nc(Nc2cc(Cl)ccc2C)n1. The second-order valence-corrected chi connectivity index (χ2v) is 6.84. The summed E-state index contributed by atoms with van der Waals surface area (Å²) in [6.07, 6.45) is 0.398. The molecule has 0 aliphatic rings. The maximum absolute atomic E-state index is 13.7. The Hall–Kier alpha value is -2.99. The summed E-state index contributed by atoms with van der Waals surface area (Å²) >= 11 is 6.04. The number of nitrogens with one attached hydrogen (secondary N) is 2. The highest BCUT2D eigenvalue weighted by Gasteiger charge is 2.12. The largest absolute Gasteiger partial charge is 0.350 e. The minimum atomic E-state index is -0.340. The topological polar surface area (TPSA) is 66.9 Å². The summed E-state index contributed by atoms with van der Waals surface area (Å²) < 4.78 is 13.7. The average molecular weight is 399 g/mol. The van der Waals surface area contributed by atoms with Crippen LogP contribution in [-0.2, 0) is 6.42 Å². The number of carbonyl (C=O) groups is 1. The third kappa shape index (κ3) is 5.04. The van der Waals surface area contributed by atoms with Crippen LogP contribution in [-0.4, -0.2) is 22.4 Å². The van der Waals surface area contributed by atoms with Gasteiger partial charge in [-0.3, -0.25) is 4.79 Å². The number of halogens is 2. The molecular formula is C21H20ClFN4O. The summed E-state index contributed by atoms with van der Waals surface area (Å²) in [4.78, 5) is 21.1. The number of anilines is 2. The van der Waals surface area contributed by atoms with Crippen molar-refractivity contribution in [1.29, 1.82) is 0 Å². The Kier molecular flexibility index (Phi) is 6.21. The normalized spacial score (nSPS) is 10.6. The number of aryl methyl sites for hydroxylation is 2. The van der Waals surface area contributed by atoms with E-state index in [1.807, 2.05) is 13.0 Å². The van der Waals surface area contributed by atoms with Gasteiger partial charge in [0.1, 0.15) is 11.5 Å². The van der Waals surface area contributed by atoms with Crippen molar-refractivity contribution < 1.29 is 9.18 Å². The van der Waals surface area contributed by atoms with Gasteiger partial charge in [0.15, 0.2) is 0 Å². The first kappa shape index (κ1) is 19.8. The van der Waals surface area contributed by atoms with Crippen molar-refractivity contribution in [3.63, 3.8) is 0 Å². The number of nitrogens with zero attached hydrogens (tertiary/aromatic N) is 2. The molecule has 0 bridgehead atoms. The minimum absolute atomic E-state index is 0.239. The van der Waals surface area contributed by atoms with Crippen LogP contribution in [0.15, 0.2) is 48.5 Å². The summed E-state index contributed by atoms with van der Waals surface area (Å²) in [6, 6.07) is 13.6. The third-order valence-corrected chi connectivity index (χ3v) is 4.41. The minimum Gasteiger partial charge on any atom is -0.350 e. The molecule has 0 saturated carbocycles. The summed E-state index contributed by atoms with van der Waals surface area (Å²) in [5.74, 6) is -0.310. The van der Waals surface area contributed by atoms with Crippen molar-refractivity contribution in [2.24, 2.45) is 0 Å². The highest BCUT2D eigenvalue weighted by atomic mass is 35.5. The number of rotatable bonds is 6. The van der Waals surface area contributed by atoms with Crippen LogP contribution in [0.4, 0.5) is 16.0 Å². The second-order valence-electron chi connectivity index (χ2n) is 6.40. The van der Waals surface area contributed by atoms with E-state index in [-0.39, 0.29) is 17.4 Å². The molecular weight excluding hydrogens is 379 g/mol. The maximum atomic E-state index is 13.7. The molecule has 0 spiro atoms. The van der Waals surface area contributed by atoms with E-state index in [1.165, 1.54) is 6.07 Å². The van der Waals surface area contributed by atoms with Gasteiger partial charge >= 0.3 is 0 Å². The average Bonchev–Trinajstić information content (AvgIpc) is 2.65. The van der Waals surface area contributed by atoms with E-state index in [4.69, 9.17) is 11.6 Å². The fourth-order valence-corrected chi connectivity index (χ4v) is 2.86. The Morgan fingerprint density at radius 2 is 1.89 bits per heavy atom. The zero-order valence-electron chi connectivity index (χ0n) is 15.6. The number of hydrogen-bond acceptors (Lipinski definition) is 4. The van der Waals surface area contributed by atoms with Crippen molar-refractivity contribution in [3.8, 4) is 0 Å². The van der Waals surface area contributed by atoms with Crippen LogP contribution in [0.5, 0.6) is 0 Å². The number of carbonyl (C=O) groups excluding carboxylic acids is 1. The first-order valence-corrected chi connectivity index (χ1v) is 9.20. The van der Waals surface area contributed by atoms with Crippen molar-refractivity contribution in [3.05, 3.63) is 81.9 Å². The fraction of sp³-hybridized carbons (Fsp3) is 0.190. The quantitative estimate of drug-likeness (QED) is 0.636. The lowest BCUT2D eigenvalue weighted by atomic mass is 10.1. The van der Waals surface area contributed by atoms with Gasteiger partial charge in [-0.1, -0.05) is 35.9 Å². The lowest BCUT2D eigenvalue weighted by molar-refractivity contribution is 0.0949. The Balaban J connectivity index is 1.69. The number of benzene rings is 2. The van der Waals surface area contributed by atoms with E-state index in [0.717, 1.165) is 11.3 Å². The van der Waals surface area contributed by atoms with Gasteiger partial charge in [0, 0.05) is 22.9 Å². The predicted octanol–water partition coefficient (Wildman–Crippen LogP) is 4.60. The van der Waals surface area contributed by atoms with Crippen molar-refractivity contribution in [2.45, 2.75) is 20.3 Å². The van der Waals surface area contributed by atoms with Gasteiger partial charge < -0.3 is 10.6 Å². The van der Waals surface area contributed by atoms with Crippen LogP contribution >= 0.6 is 11.6 Å². The van der Waals surface area contributed by atoms with E-state index in [2.05, 4.69) is 20.6 Å². The first-order chi connectivity index (χ1) is 13.4. The zero-order valence-corrected chi connectivity index (χ0v) is 16.3. The van der Waals surface area contributed by atoms with Gasteiger partial charge in [-0.15, -0.1) is 0 Å². The lowest BCUT2D eigenvalue weighted by Gasteiger charge is -2.11. The lowest BCUT2D eigenvalue weighted by Crippen LogP contribution is -2.27. The molecule has 5 nitrogen and oxygen atoms in total. The molecule has 0 radical (unpaired) electrons. The van der Waals surface area contributed by atoms with Gasteiger partial charge in [0.25, 0.3) is 5.91 Å².